The zero-order valence-corrected chi connectivity index (χ0v) is 15.4. The van der Waals surface area contributed by atoms with Crippen molar-refractivity contribution < 1.29 is 23.9 Å². The van der Waals surface area contributed by atoms with E-state index in [1.165, 1.54) is 11.8 Å². The molecule has 0 radical (unpaired) electrons. The third kappa shape index (κ3) is 4.98. The van der Waals surface area contributed by atoms with Crippen molar-refractivity contribution in [1.82, 2.24) is 16.0 Å². The summed E-state index contributed by atoms with van der Waals surface area (Å²) in [5.41, 5.74) is -0.757. The molecule has 0 unspecified atom stereocenters. The standard InChI is InChI=1S/C17H21N3O5S/c1-3-8-18-13(21)9-25-14(22)11-6-4-5-7-12(11)26-10-17(2)15(23)19-16(24)20-17/h4-7H,3,8-10H2,1-2H3,(H,18,21)(H2,19,20,23,24)/t17-/m0/s1. The molecule has 26 heavy (non-hydrogen) atoms. The fourth-order valence-corrected chi connectivity index (χ4v) is 3.32. The van der Waals surface area contributed by atoms with Crippen LogP contribution in [0.1, 0.15) is 30.6 Å². The molecule has 2 rings (SSSR count). The maximum Gasteiger partial charge on any atom is 0.339 e. The second kappa shape index (κ2) is 8.70. The van der Waals surface area contributed by atoms with E-state index in [0.717, 1.165) is 6.42 Å². The number of nitrogens with one attached hydrogen (secondary N) is 3. The highest BCUT2D eigenvalue weighted by Crippen LogP contribution is 2.28. The van der Waals surface area contributed by atoms with Crippen molar-refractivity contribution in [2.45, 2.75) is 30.7 Å². The van der Waals surface area contributed by atoms with Crippen LogP contribution in [0.4, 0.5) is 4.79 Å². The number of thioether (sulfide) groups is 1. The van der Waals surface area contributed by atoms with E-state index in [2.05, 4.69) is 16.0 Å². The summed E-state index contributed by atoms with van der Waals surface area (Å²) in [6.07, 6.45) is 0.794. The number of rotatable bonds is 8. The van der Waals surface area contributed by atoms with Gasteiger partial charge in [-0.15, -0.1) is 11.8 Å². The van der Waals surface area contributed by atoms with Crippen molar-refractivity contribution in [3.63, 3.8) is 0 Å². The maximum atomic E-state index is 12.3. The Morgan fingerprint density at radius 1 is 1.27 bits per heavy atom. The van der Waals surface area contributed by atoms with Gasteiger partial charge in [-0.25, -0.2) is 9.59 Å². The number of hydrogen-bond donors (Lipinski definition) is 3. The Morgan fingerprint density at radius 2 is 2.00 bits per heavy atom. The molecule has 4 amide bonds. The first-order valence-electron chi connectivity index (χ1n) is 8.15. The summed E-state index contributed by atoms with van der Waals surface area (Å²) in [7, 11) is 0. The molecule has 1 fully saturated rings. The quantitative estimate of drug-likeness (QED) is 0.354. The maximum absolute atomic E-state index is 12.3. The highest BCUT2D eigenvalue weighted by atomic mass is 32.2. The van der Waals surface area contributed by atoms with Gasteiger partial charge < -0.3 is 15.4 Å². The SMILES string of the molecule is CCCNC(=O)COC(=O)c1ccccc1SC[C@]1(C)NC(=O)NC1=O. The van der Waals surface area contributed by atoms with Gasteiger partial charge in [-0.1, -0.05) is 19.1 Å². The summed E-state index contributed by atoms with van der Waals surface area (Å²) in [5.74, 6) is -1.15. The molecular formula is C17H21N3O5S. The topological polar surface area (TPSA) is 114 Å². The van der Waals surface area contributed by atoms with Gasteiger partial charge >= 0.3 is 12.0 Å². The number of carbonyl (C=O) groups excluding carboxylic acids is 4. The first-order valence-corrected chi connectivity index (χ1v) is 9.13. The summed E-state index contributed by atoms with van der Waals surface area (Å²) in [6.45, 7) is 3.70. The van der Waals surface area contributed by atoms with Crippen molar-refractivity contribution in [1.29, 1.82) is 0 Å². The number of urea groups is 1. The summed E-state index contributed by atoms with van der Waals surface area (Å²) in [5, 5.41) is 7.39. The largest absolute Gasteiger partial charge is 0.452 e. The normalized spacial score (nSPS) is 18.8. The van der Waals surface area contributed by atoms with Crippen molar-refractivity contribution in [2.24, 2.45) is 0 Å². The molecule has 1 atom stereocenters. The van der Waals surface area contributed by atoms with Crippen molar-refractivity contribution >= 4 is 35.6 Å². The molecule has 0 aliphatic carbocycles. The lowest BCUT2D eigenvalue weighted by Crippen LogP contribution is -2.46. The molecule has 0 spiro atoms. The Morgan fingerprint density at radius 3 is 2.65 bits per heavy atom. The van der Waals surface area contributed by atoms with Crippen LogP contribution in [0.5, 0.6) is 0 Å². The van der Waals surface area contributed by atoms with E-state index in [1.807, 2.05) is 6.92 Å². The predicted octanol–water partition coefficient (Wildman–Crippen LogP) is 1.06. The lowest BCUT2D eigenvalue weighted by atomic mass is 10.1. The summed E-state index contributed by atoms with van der Waals surface area (Å²) in [4.78, 5) is 47.6. The average molecular weight is 379 g/mol. The molecule has 1 saturated heterocycles. The second-order valence-corrected chi connectivity index (χ2v) is 6.97. The smallest absolute Gasteiger partial charge is 0.339 e. The Labute approximate surface area is 155 Å². The lowest BCUT2D eigenvalue weighted by molar-refractivity contribution is -0.124. The van der Waals surface area contributed by atoms with Gasteiger partial charge in [0.25, 0.3) is 11.8 Å². The molecule has 3 N–H and O–H groups in total. The monoisotopic (exact) mass is 379 g/mol. The molecule has 1 heterocycles. The minimum Gasteiger partial charge on any atom is -0.452 e. The summed E-state index contributed by atoms with van der Waals surface area (Å²) in [6, 6.07) is 6.20. The van der Waals surface area contributed by atoms with Crippen LogP contribution in [0.2, 0.25) is 0 Å². The van der Waals surface area contributed by atoms with Crippen molar-refractivity contribution in [2.75, 3.05) is 18.9 Å². The Kier molecular flexibility index (Phi) is 6.62. The first kappa shape index (κ1) is 19.8. The van der Waals surface area contributed by atoms with Crippen LogP contribution in [0.15, 0.2) is 29.2 Å². The number of benzene rings is 1. The van der Waals surface area contributed by atoms with Gasteiger partial charge in [0.05, 0.1) is 5.56 Å². The minimum absolute atomic E-state index is 0.242. The molecule has 1 aliphatic heterocycles. The predicted molar refractivity (Wildman–Crippen MR) is 95.8 cm³/mol. The number of hydrogen-bond acceptors (Lipinski definition) is 6. The van der Waals surface area contributed by atoms with Crippen LogP contribution >= 0.6 is 11.8 Å². The summed E-state index contributed by atoms with van der Waals surface area (Å²) >= 11 is 1.25. The molecule has 0 aromatic heterocycles. The Hall–Kier alpha value is -2.55. The number of carbonyl (C=O) groups is 4. The number of esters is 1. The first-order chi connectivity index (χ1) is 12.4. The molecule has 140 valence electrons. The van der Waals surface area contributed by atoms with Gasteiger partial charge in [0.15, 0.2) is 6.61 Å². The minimum atomic E-state index is -1.06. The zero-order valence-electron chi connectivity index (χ0n) is 14.6. The third-order valence-corrected chi connectivity index (χ3v) is 5.04. The van der Waals surface area contributed by atoms with Crippen molar-refractivity contribution in [3.8, 4) is 0 Å². The van der Waals surface area contributed by atoms with E-state index >= 15 is 0 Å². The number of imide groups is 1. The molecule has 8 nitrogen and oxygen atoms in total. The van der Waals surface area contributed by atoms with Crippen LogP contribution in [-0.4, -0.2) is 48.3 Å². The lowest BCUT2D eigenvalue weighted by Gasteiger charge is -2.20. The summed E-state index contributed by atoms with van der Waals surface area (Å²) < 4.78 is 5.05. The molecule has 1 aromatic rings. The molecule has 0 bridgehead atoms. The van der Waals surface area contributed by atoms with E-state index in [9.17, 15) is 19.2 Å². The van der Waals surface area contributed by atoms with Crippen LogP contribution in [0.3, 0.4) is 0 Å². The van der Waals surface area contributed by atoms with Gasteiger partial charge in [-0.2, -0.15) is 0 Å². The van der Waals surface area contributed by atoms with Gasteiger partial charge in [0.1, 0.15) is 5.54 Å². The zero-order chi connectivity index (χ0) is 19.2. The second-order valence-electron chi connectivity index (χ2n) is 5.95. The average Bonchev–Trinajstić information content (AvgIpc) is 2.88. The van der Waals surface area contributed by atoms with Crippen LogP contribution in [-0.2, 0) is 14.3 Å². The fraction of sp³-hybridized carbons (Fsp3) is 0.412. The van der Waals surface area contributed by atoms with E-state index in [0.29, 0.717) is 17.0 Å². The number of ether oxygens (including phenoxy) is 1. The van der Waals surface area contributed by atoms with Gasteiger partial charge in [-0.05, 0) is 25.5 Å². The Bertz CT molecular complexity index is 724. The fourth-order valence-electron chi connectivity index (χ4n) is 2.19. The van der Waals surface area contributed by atoms with Crippen molar-refractivity contribution in [3.05, 3.63) is 29.8 Å². The van der Waals surface area contributed by atoms with Crippen LogP contribution in [0, 0.1) is 0 Å². The molecule has 9 heteroatoms. The molecule has 0 saturated carbocycles. The van der Waals surface area contributed by atoms with E-state index in [1.54, 1.807) is 31.2 Å². The number of amides is 4. The Balaban J connectivity index is 1.99. The highest BCUT2D eigenvalue weighted by molar-refractivity contribution is 7.99. The highest BCUT2D eigenvalue weighted by Gasteiger charge is 2.41. The molecule has 1 aromatic carbocycles. The molecular weight excluding hydrogens is 358 g/mol. The molecule has 1 aliphatic rings. The van der Waals surface area contributed by atoms with Gasteiger partial charge in [0.2, 0.25) is 0 Å². The van der Waals surface area contributed by atoms with E-state index in [4.69, 9.17) is 4.74 Å². The third-order valence-electron chi connectivity index (χ3n) is 3.65. The van der Waals surface area contributed by atoms with E-state index < -0.39 is 23.4 Å². The van der Waals surface area contributed by atoms with Gasteiger partial charge in [0, 0.05) is 17.2 Å². The van der Waals surface area contributed by atoms with Gasteiger partial charge in [-0.3, -0.25) is 14.9 Å². The van der Waals surface area contributed by atoms with Crippen LogP contribution in [0.25, 0.3) is 0 Å². The van der Waals surface area contributed by atoms with E-state index in [-0.39, 0.29) is 18.3 Å². The van der Waals surface area contributed by atoms with Crippen LogP contribution < -0.4 is 16.0 Å².